The van der Waals surface area contributed by atoms with E-state index in [0.717, 1.165) is 25.4 Å². The van der Waals surface area contributed by atoms with Gasteiger partial charge in [0.2, 0.25) is 5.43 Å². The Bertz CT molecular complexity index is 1210. The van der Waals surface area contributed by atoms with E-state index >= 15 is 0 Å². The predicted octanol–water partition coefficient (Wildman–Crippen LogP) is 2.79. The highest BCUT2D eigenvalue weighted by molar-refractivity contribution is 6.36. The van der Waals surface area contributed by atoms with Gasteiger partial charge in [-0.2, -0.15) is 0 Å². The maximum atomic E-state index is 14.4. The lowest BCUT2D eigenvalue weighted by Gasteiger charge is -2.19. The molecule has 152 valence electrons. The zero-order valence-electron chi connectivity index (χ0n) is 15.3. The van der Waals surface area contributed by atoms with Crippen LogP contribution in [0.15, 0.2) is 29.2 Å². The molecule has 0 fully saturated rings. The molecule has 3 N–H and O–H groups in total. The van der Waals surface area contributed by atoms with E-state index in [-0.39, 0.29) is 38.6 Å². The summed E-state index contributed by atoms with van der Waals surface area (Å²) in [6.45, 7) is -0.594. The van der Waals surface area contributed by atoms with Gasteiger partial charge in [-0.1, -0.05) is 11.6 Å². The van der Waals surface area contributed by atoms with E-state index in [1.54, 1.807) is 0 Å². The van der Waals surface area contributed by atoms with Crippen LogP contribution in [0.25, 0.3) is 16.6 Å². The first-order valence-corrected chi connectivity index (χ1v) is 8.51. The summed E-state index contributed by atoms with van der Waals surface area (Å²) in [6.07, 6.45) is 1.10. The molecule has 0 spiro atoms. The lowest BCUT2D eigenvalue weighted by Crippen LogP contribution is -2.21. The number of methoxy groups -OCH3 is 2. The summed E-state index contributed by atoms with van der Waals surface area (Å²) in [6, 6.07) is 3.07. The molecule has 0 saturated carbocycles. The zero-order chi connectivity index (χ0) is 21.5. The Kier molecular flexibility index (Phi) is 5.45. The molecule has 3 rings (SSSR count). The van der Waals surface area contributed by atoms with Gasteiger partial charge in [-0.15, -0.1) is 0 Å². The molecule has 7 nitrogen and oxygen atoms in total. The van der Waals surface area contributed by atoms with Crippen LogP contribution in [-0.2, 0) is 11.3 Å². The molecular weight excluding hydrogens is 410 g/mol. The zero-order valence-corrected chi connectivity index (χ0v) is 16.0. The number of halogens is 3. The fraction of sp³-hybridized carbons (Fsp3) is 0.158. The minimum absolute atomic E-state index is 0.0247. The Morgan fingerprint density at radius 1 is 1.24 bits per heavy atom. The summed E-state index contributed by atoms with van der Waals surface area (Å²) in [5.41, 5.74) is 4.33. The average molecular weight is 425 g/mol. The molecule has 3 aromatic rings. The third-order valence-electron chi connectivity index (χ3n) is 4.38. The van der Waals surface area contributed by atoms with Gasteiger partial charge in [0, 0.05) is 11.8 Å². The molecule has 1 heterocycles. The Hall–Kier alpha value is -3.17. The molecule has 1 aromatic heterocycles. The molecule has 0 radical (unpaired) electrons. The van der Waals surface area contributed by atoms with Crippen LogP contribution in [-0.4, -0.2) is 29.9 Å². The first-order chi connectivity index (χ1) is 13.7. The Morgan fingerprint density at radius 3 is 2.52 bits per heavy atom. The van der Waals surface area contributed by atoms with E-state index in [1.807, 2.05) is 0 Å². The number of nitrogens with two attached hydrogens (primary N) is 1. The Balaban J connectivity index is 2.58. The standard InChI is InChI=1S/C19H15ClF2N2O5/c1-28-18-12(22)4-9-16(15(18)20)24(6-10(17(9)26)19(27)29-2)14-5-13(23)11(21)3-8(14)7-25/h3-6,25H,7,23H2,1-2H3. The van der Waals surface area contributed by atoms with E-state index in [0.29, 0.717) is 0 Å². The first-order valence-electron chi connectivity index (χ1n) is 8.13. The van der Waals surface area contributed by atoms with Crippen LogP contribution in [0.3, 0.4) is 0 Å². The topological polar surface area (TPSA) is 104 Å². The monoisotopic (exact) mass is 424 g/mol. The molecule has 0 aliphatic carbocycles. The highest BCUT2D eigenvalue weighted by atomic mass is 35.5. The van der Waals surface area contributed by atoms with Crippen molar-refractivity contribution in [2.75, 3.05) is 20.0 Å². The van der Waals surface area contributed by atoms with Crippen molar-refractivity contribution in [3.05, 3.63) is 62.4 Å². The number of fused-ring (bicyclic) bond motifs is 1. The number of rotatable bonds is 4. The summed E-state index contributed by atoms with van der Waals surface area (Å²) in [7, 11) is 2.27. The van der Waals surface area contributed by atoms with Crippen LogP contribution in [0.2, 0.25) is 5.02 Å². The summed E-state index contributed by atoms with van der Waals surface area (Å²) in [5, 5.41) is 9.16. The van der Waals surface area contributed by atoms with E-state index in [1.165, 1.54) is 17.7 Å². The number of aromatic nitrogens is 1. The quantitative estimate of drug-likeness (QED) is 0.493. The maximum absolute atomic E-state index is 14.4. The number of anilines is 1. The number of esters is 1. The largest absolute Gasteiger partial charge is 0.492 e. The summed E-state index contributed by atoms with van der Waals surface area (Å²) < 4.78 is 39.1. The number of aliphatic hydroxyl groups is 1. The second-order valence-corrected chi connectivity index (χ2v) is 6.37. The van der Waals surface area contributed by atoms with Crippen LogP contribution >= 0.6 is 11.6 Å². The molecule has 0 atom stereocenters. The minimum Gasteiger partial charge on any atom is -0.492 e. The number of aliphatic hydroxyl groups excluding tert-OH is 1. The number of benzene rings is 2. The fourth-order valence-corrected chi connectivity index (χ4v) is 3.36. The molecule has 0 unspecified atom stereocenters. The van der Waals surface area contributed by atoms with Crippen molar-refractivity contribution in [1.29, 1.82) is 0 Å². The number of ether oxygens (including phenoxy) is 2. The number of pyridine rings is 1. The molecule has 0 saturated heterocycles. The SMILES string of the molecule is COC(=O)c1cn(-c2cc(N)c(F)cc2CO)c2c(Cl)c(OC)c(F)cc2c1=O. The van der Waals surface area contributed by atoms with Crippen molar-refractivity contribution >= 4 is 34.2 Å². The molecule has 2 aromatic carbocycles. The first kappa shape index (κ1) is 20.6. The Morgan fingerprint density at radius 2 is 1.93 bits per heavy atom. The lowest BCUT2D eigenvalue weighted by molar-refractivity contribution is 0.0599. The molecule has 0 aliphatic heterocycles. The number of carbonyl (C=O) groups excluding carboxylic acids is 1. The number of carbonyl (C=O) groups is 1. The molecule has 10 heteroatoms. The summed E-state index contributed by atoms with van der Waals surface area (Å²) in [5.74, 6) is -3.00. The molecule has 0 amide bonds. The van der Waals surface area contributed by atoms with Gasteiger partial charge in [-0.05, 0) is 18.2 Å². The van der Waals surface area contributed by atoms with E-state index in [4.69, 9.17) is 22.1 Å². The third-order valence-corrected chi connectivity index (χ3v) is 4.73. The van der Waals surface area contributed by atoms with Crippen molar-refractivity contribution in [1.82, 2.24) is 4.57 Å². The van der Waals surface area contributed by atoms with Crippen LogP contribution in [0.5, 0.6) is 5.75 Å². The summed E-state index contributed by atoms with van der Waals surface area (Å²) in [4.78, 5) is 24.9. The minimum atomic E-state index is -0.973. The molecule has 0 aliphatic rings. The number of nitrogen functional groups attached to an aromatic ring is 1. The summed E-state index contributed by atoms with van der Waals surface area (Å²) >= 11 is 6.30. The average Bonchev–Trinajstić information content (AvgIpc) is 2.70. The van der Waals surface area contributed by atoms with Crippen molar-refractivity contribution in [3.63, 3.8) is 0 Å². The maximum Gasteiger partial charge on any atom is 0.343 e. The number of hydrogen-bond acceptors (Lipinski definition) is 6. The van der Waals surface area contributed by atoms with Crippen molar-refractivity contribution in [3.8, 4) is 11.4 Å². The normalized spacial score (nSPS) is 11.0. The van der Waals surface area contributed by atoms with Gasteiger partial charge in [0.05, 0.1) is 43.1 Å². The van der Waals surface area contributed by atoms with Gasteiger partial charge in [0.1, 0.15) is 16.4 Å². The highest BCUT2D eigenvalue weighted by Crippen LogP contribution is 2.36. The Labute approximate surface area is 167 Å². The van der Waals surface area contributed by atoms with Crippen molar-refractivity contribution < 1.29 is 28.2 Å². The van der Waals surface area contributed by atoms with E-state index in [9.17, 15) is 23.5 Å². The lowest BCUT2D eigenvalue weighted by atomic mass is 10.1. The van der Waals surface area contributed by atoms with E-state index in [2.05, 4.69) is 4.74 Å². The van der Waals surface area contributed by atoms with Gasteiger partial charge < -0.3 is 24.9 Å². The van der Waals surface area contributed by atoms with Crippen LogP contribution in [0, 0.1) is 11.6 Å². The van der Waals surface area contributed by atoms with Crippen LogP contribution < -0.4 is 15.9 Å². The van der Waals surface area contributed by atoms with Gasteiger partial charge >= 0.3 is 5.97 Å². The third kappa shape index (κ3) is 3.28. The molecule has 0 bridgehead atoms. The second kappa shape index (κ2) is 7.69. The van der Waals surface area contributed by atoms with Crippen molar-refractivity contribution in [2.24, 2.45) is 0 Å². The van der Waals surface area contributed by atoms with Gasteiger partial charge in [0.25, 0.3) is 0 Å². The van der Waals surface area contributed by atoms with Gasteiger partial charge in [0.15, 0.2) is 11.6 Å². The highest BCUT2D eigenvalue weighted by Gasteiger charge is 2.24. The van der Waals surface area contributed by atoms with Crippen LogP contribution in [0.4, 0.5) is 14.5 Å². The number of nitrogens with zero attached hydrogens (tertiary/aromatic N) is 1. The number of hydrogen-bond donors (Lipinski definition) is 2. The fourth-order valence-electron chi connectivity index (χ4n) is 3.00. The van der Waals surface area contributed by atoms with Gasteiger partial charge in [-0.3, -0.25) is 4.79 Å². The predicted molar refractivity (Wildman–Crippen MR) is 103 cm³/mol. The van der Waals surface area contributed by atoms with Gasteiger partial charge in [-0.25, -0.2) is 13.6 Å². The smallest absolute Gasteiger partial charge is 0.343 e. The van der Waals surface area contributed by atoms with Crippen molar-refractivity contribution in [2.45, 2.75) is 6.61 Å². The molecule has 29 heavy (non-hydrogen) atoms. The van der Waals surface area contributed by atoms with Crippen LogP contribution in [0.1, 0.15) is 15.9 Å². The second-order valence-electron chi connectivity index (χ2n) is 6.00. The molecular formula is C19H15ClF2N2O5. The van der Waals surface area contributed by atoms with E-state index < -0.39 is 35.2 Å².